The second-order valence-corrected chi connectivity index (χ2v) is 4.18. The van der Waals surface area contributed by atoms with Crippen molar-refractivity contribution in [2.75, 3.05) is 7.11 Å². The highest BCUT2D eigenvalue weighted by Gasteiger charge is 2.26. The van der Waals surface area contributed by atoms with Crippen LogP contribution < -0.4 is 4.74 Å². The van der Waals surface area contributed by atoms with Gasteiger partial charge in [-0.2, -0.15) is 0 Å². The minimum atomic E-state index is 0.261. The van der Waals surface area contributed by atoms with Gasteiger partial charge in [-0.15, -0.1) is 0 Å². The number of ether oxygens (including phenoxy) is 1. The van der Waals surface area contributed by atoms with Crippen LogP contribution in [0.5, 0.6) is 5.75 Å². The van der Waals surface area contributed by atoms with E-state index in [2.05, 4.69) is 0 Å². The highest BCUT2D eigenvalue weighted by Crippen LogP contribution is 2.31. The Bertz CT molecular complexity index is 378. The van der Waals surface area contributed by atoms with Gasteiger partial charge >= 0.3 is 0 Å². The molecule has 0 aliphatic heterocycles. The minimum absolute atomic E-state index is 0.261. The average Bonchev–Trinajstić information content (AvgIpc) is 2.15. The predicted octanol–water partition coefficient (Wildman–Crippen LogP) is 2.99. The summed E-state index contributed by atoms with van der Waals surface area (Å²) in [6.45, 7) is 1.98. The van der Waals surface area contributed by atoms with Crippen LogP contribution in [0.25, 0.3) is 0 Å². The zero-order chi connectivity index (χ0) is 10.8. The molecule has 1 aromatic carbocycles. The molecule has 2 heteroatoms. The molecule has 0 unspecified atom stereocenters. The summed E-state index contributed by atoms with van der Waals surface area (Å²) in [4.78, 5) is 12.0. The van der Waals surface area contributed by atoms with Gasteiger partial charge in [0.05, 0.1) is 7.11 Å². The molecule has 1 aliphatic carbocycles. The number of Topliss-reactive ketones (excluding diaryl/α,β-unsaturated/α-hetero) is 1. The van der Waals surface area contributed by atoms with Crippen molar-refractivity contribution < 1.29 is 9.53 Å². The first-order valence-corrected chi connectivity index (χ1v) is 5.41. The third-order valence-corrected chi connectivity index (χ3v) is 3.17. The van der Waals surface area contributed by atoms with E-state index in [1.807, 2.05) is 25.1 Å². The molecule has 0 bridgehead atoms. The summed E-state index contributed by atoms with van der Waals surface area (Å²) in [5.41, 5.74) is 1.87. The zero-order valence-electron chi connectivity index (χ0n) is 9.25. The summed E-state index contributed by atoms with van der Waals surface area (Å²) >= 11 is 0. The van der Waals surface area contributed by atoms with Gasteiger partial charge in [-0.3, -0.25) is 4.79 Å². The first-order valence-electron chi connectivity index (χ1n) is 5.41. The largest absolute Gasteiger partial charge is 0.496 e. The lowest BCUT2D eigenvalue weighted by molar-refractivity contribution is 0.0855. The highest BCUT2D eigenvalue weighted by molar-refractivity contribution is 5.98. The van der Waals surface area contributed by atoms with E-state index in [1.165, 1.54) is 6.42 Å². The predicted molar refractivity (Wildman–Crippen MR) is 59.4 cm³/mol. The van der Waals surface area contributed by atoms with Crippen molar-refractivity contribution in [1.29, 1.82) is 0 Å². The monoisotopic (exact) mass is 204 g/mol. The summed E-state index contributed by atoms with van der Waals surface area (Å²) in [7, 11) is 1.64. The molecular formula is C13H16O2. The van der Waals surface area contributed by atoms with Crippen molar-refractivity contribution >= 4 is 5.78 Å². The van der Waals surface area contributed by atoms with Gasteiger partial charge in [0, 0.05) is 11.5 Å². The van der Waals surface area contributed by atoms with Crippen LogP contribution in [0.3, 0.4) is 0 Å². The molecular weight excluding hydrogens is 188 g/mol. The lowest BCUT2D eigenvalue weighted by Gasteiger charge is -2.24. The first-order chi connectivity index (χ1) is 7.22. The van der Waals surface area contributed by atoms with Gasteiger partial charge in [-0.25, -0.2) is 0 Å². The summed E-state index contributed by atoms with van der Waals surface area (Å²) in [6, 6.07) is 5.71. The number of ketones is 1. The molecule has 1 aliphatic rings. The van der Waals surface area contributed by atoms with Gasteiger partial charge < -0.3 is 4.74 Å². The van der Waals surface area contributed by atoms with Gasteiger partial charge in [-0.05, 0) is 31.4 Å². The highest BCUT2D eigenvalue weighted by atomic mass is 16.5. The Morgan fingerprint density at radius 3 is 2.67 bits per heavy atom. The summed E-state index contributed by atoms with van der Waals surface area (Å²) in [6.07, 6.45) is 3.30. The molecule has 0 N–H and O–H groups in total. The van der Waals surface area contributed by atoms with Crippen molar-refractivity contribution in [2.24, 2.45) is 5.92 Å². The molecule has 2 nitrogen and oxygen atoms in total. The third kappa shape index (κ3) is 1.89. The molecule has 0 radical (unpaired) electrons. The van der Waals surface area contributed by atoms with Gasteiger partial charge in [0.1, 0.15) is 5.75 Å². The molecule has 0 aromatic heterocycles. The van der Waals surface area contributed by atoms with Gasteiger partial charge in [-0.1, -0.05) is 18.6 Å². The Morgan fingerprint density at radius 1 is 1.40 bits per heavy atom. The maximum Gasteiger partial charge on any atom is 0.166 e. The molecule has 0 atom stereocenters. The maximum absolute atomic E-state index is 12.0. The van der Waals surface area contributed by atoms with Crippen LogP contribution in [0.1, 0.15) is 35.2 Å². The number of rotatable bonds is 3. The molecule has 1 aromatic rings. The van der Waals surface area contributed by atoms with E-state index in [-0.39, 0.29) is 11.7 Å². The van der Waals surface area contributed by atoms with Crippen molar-refractivity contribution in [2.45, 2.75) is 26.2 Å². The Morgan fingerprint density at radius 2 is 2.13 bits per heavy atom. The number of methoxy groups -OCH3 is 1. The zero-order valence-corrected chi connectivity index (χ0v) is 9.25. The second kappa shape index (κ2) is 4.05. The Balaban J connectivity index is 2.24. The maximum atomic E-state index is 12.0. The molecule has 15 heavy (non-hydrogen) atoms. The molecule has 80 valence electrons. The van der Waals surface area contributed by atoms with Crippen LogP contribution in [0.2, 0.25) is 0 Å². The summed E-state index contributed by atoms with van der Waals surface area (Å²) < 4.78 is 5.21. The van der Waals surface area contributed by atoms with Crippen LogP contribution in [0.15, 0.2) is 18.2 Å². The van der Waals surface area contributed by atoms with E-state index >= 15 is 0 Å². The molecule has 1 fully saturated rings. The SMILES string of the molecule is COc1cc(C(=O)C2CCC2)ccc1C. The lowest BCUT2D eigenvalue weighted by Crippen LogP contribution is -2.21. The second-order valence-electron chi connectivity index (χ2n) is 4.18. The van der Waals surface area contributed by atoms with E-state index in [0.29, 0.717) is 0 Å². The third-order valence-electron chi connectivity index (χ3n) is 3.17. The van der Waals surface area contributed by atoms with Crippen LogP contribution in [-0.4, -0.2) is 12.9 Å². The van der Waals surface area contributed by atoms with E-state index in [1.54, 1.807) is 7.11 Å². The van der Waals surface area contributed by atoms with Gasteiger partial charge in [0.15, 0.2) is 5.78 Å². The fourth-order valence-corrected chi connectivity index (χ4v) is 1.88. The van der Waals surface area contributed by atoms with Crippen LogP contribution in [0, 0.1) is 12.8 Å². The van der Waals surface area contributed by atoms with Crippen LogP contribution >= 0.6 is 0 Å². The van der Waals surface area contributed by atoms with E-state index < -0.39 is 0 Å². The molecule has 0 saturated heterocycles. The fourth-order valence-electron chi connectivity index (χ4n) is 1.88. The number of hydrogen-bond donors (Lipinski definition) is 0. The normalized spacial score (nSPS) is 15.9. The number of hydrogen-bond acceptors (Lipinski definition) is 2. The van der Waals surface area contributed by atoms with E-state index in [9.17, 15) is 4.79 Å². The number of carbonyl (C=O) groups excluding carboxylic acids is 1. The Kier molecular flexibility index (Phi) is 2.76. The summed E-state index contributed by atoms with van der Waals surface area (Å²) in [5, 5.41) is 0. The van der Waals surface area contributed by atoms with Crippen LogP contribution in [-0.2, 0) is 0 Å². The number of aryl methyl sites for hydroxylation is 1. The van der Waals surface area contributed by atoms with E-state index in [4.69, 9.17) is 4.74 Å². The van der Waals surface area contributed by atoms with E-state index in [0.717, 1.165) is 29.7 Å². The minimum Gasteiger partial charge on any atom is -0.496 e. The van der Waals surface area contributed by atoms with Crippen molar-refractivity contribution in [3.63, 3.8) is 0 Å². The van der Waals surface area contributed by atoms with Crippen molar-refractivity contribution in [3.8, 4) is 5.75 Å². The molecule has 0 heterocycles. The fraction of sp³-hybridized carbons (Fsp3) is 0.462. The quantitative estimate of drug-likeness (QED) is 0.707. The Hall–Kier alpha value is -1.31. The average molecular weight is 204 g/mol. The molecule has 0 spiro atoms. The number of benzene rings is 1. The Labute approximate surface area is 90.3 Å². The topological polar surface area (TPSA) is 26.3 Å². The lowest BCUT2D eigenvalue weighted by atomic mass is 9.80. The number of carbonyl (C=O) groups is 1. The molecule has 0 amide bonds. The summed E-state index contributed by atoms with van der Waals surface area (Å²) in [5.74, 6) is 1.34. The molecule has 2 rings (SSSR count). The van der Waals surface area contributed by atoms with Gasteiger partial charge in [0.25, 0.3) is 0 Å². The van der Waals surface area contributed by atoms with Crippen LogP contribution in [0.4, 0.5) is 0 Å². The van der Waals surface area contributed by atoms with Crippen molar-refractivity contribution in [3.05, 3.63) is 29.3 Å². The standard InChI is InChI=1S/C13H16O2/c1-9-6-7-11(8-12(9)15-2)13(14)10-4-3-5-10/h6-8,10H,3-5H2,1-2H3. The first kappa shape index (κ1) is 10.2. The molecule has 1 saturated carbocycles. The van der Waals surface area contributed by atoms with Crippen molar-refractivity contribution in [1.82, 2.24) is 0 Å². The van der Waals surface area contributed by atoms with Gasteiger partial charge in [0.2, 0.25) is 0 Å². The smallest absolute Gasteiger partial charge is 0.166 e.